The van der Waals surface area contributed by atoms with Crippen molar-refractivity contribution in [2.45, 2.75) is 32.2 Å². The van der Waals surface area contributed by atoms with Gasteiger partial charge < -0.3 is 9.08 Å². The summed E-state index contributed by atoms with van der Waals surface area (Å²) in [5, 5.41) is 9.08. The third-order valence-corrected chi connectivity index (χ3v) is 5.36. The Hall–Kier alpha value is -2.80. The molecular formula is C18H16F3N3O3S. The van der Waals surface area contributed by atoms with Crippen LogP contribution in [0.5, 0.6) is 5.75 Å². The number of nitriles is 1. The van der Waals surface area contributed by atoms with Gasteiger partial charge in [0.1, 0.15) is 5.82 Å². The van der Waals surface area contributed by atoms with Crippen LogP contribution in [0.15, 0.2) is 24.3 Å². The number of halogens is 3. The molecule has 0 saturated heterocycles. The molecule has 0 bridgehead atoms. The number of nitrogens with zero attached hydrogens (tertiary/aromatic N) is 3. The summed E-state index contributed by atoms with van der Waals surface area (Å²) in [7, 11) is -5.78. The van der Waals surface area contributed by atoms with Gasteiger partial charge in [-0.25, -0.2) is 4.98 Å². The Labute approximate surface area is 160 Å². The van der Waals surface area contributed by atoms with E-state index in [9.17, 15) is 21.6 Å². The second kappa shape index (κ2) is 6.98. The molecule has 2 heterocycles. The first-order chi connectivity index (χ1) is 13.1. The highest BCUT2D eigenvalue weighted by Crippen LogP contribution is 2.41. The van der Waals surface area contributed by atoms with E-state index in [-0.39, 0.29) is 12.2 Å². The first kappa shape index (κ1) is 19.9. The lowest BCUT2D eigenvalue weighted by molar-refractivity contribution is -0.0500. The largest absolute Gasteiger partial charge is 0.534 e. The van der Waals surface area contributed by atoms with Crippen molar-refractivity contribution in [3.05, 3.63) is 46.6 Å². The molecule has 3 rings (SSSR count). The molecule has 0 saturated carbocycles. The predicted molar refractivity (Wildman–Crippen MR) is 95.8 cm³/mol. The van der Waals surface area contributed by atoms with Crippen molar-refractivity contribution in [2.75, 3.05) is 11.4 Å². The Balaban J connectivity index is 2.08. The van der Waals surface area contributed by atoms with Crippen molar-refractivity contribution in [3.8, 4) is 11.8 Å². The molecule has 2 aromatic rings. The van der Waals surface area contributed by atoms with E-state index in [1.807, 2.05) is 6.92 Å². The van der Waals surface area contributed by atoms with E-state index in [2.05, 4.69) is 15.2 Å². The lowest BCUT2D eigenvalue weighted by Crippen LogP contribution is -2.28. The van der Waals surface area contributed by atoms with Crippen LogP contribution in [-0.4, -0.2) is 25.5 Å². The molecule has 1 aromatic carbocycles. The van der Waals surface area contributed by atoms with Crippen molar-refractivity contribution in [3.63, 3.8) is 0 Å². The molecule has 10 heteroatoms. The van der Waals surface area contributed by atoms with Crippen LogP contribution in [0.3, 0.4) is 0 Å². The molecule has 1 aliphatic heterocycles. The lowest BCUT2D eigenvalue weighted by Gasteiger charge is -2.22. The Morgan fingerprint density at radius 2 is 2.04 bits per heavy atom. The number of fused-ring (bicyclic) bond motifs is 1. The summed E-state index contributed by atoms with van der Waals surface area (Å²) in [6.07, 6.45) is 0.906. The lowest BCUT2D eigenvalue weighted by atomic mass is 10.1. The number of pyridine rings is 1. The SMILES string of the molecule is CCc1cc(C#N)ccc1N1CCc2c(OS(=O)(=O)C(F)(F)F)cc(C)nc21. The zero-order valence-corrected chi connectivity index (χ0v) is 15.9. The normalized spacial score (nSPS) is 13.9. The van der Waals surface area contributed by atoms with Gasteiger partial charge in [0.15, 0.2) is 5.75 Å². The summed E-state index contributed by atoms with van der Waals surface area (Å²) < 4.78 is 65.4. The maximum absolute atomic E-state index is 12.7. The van der Waals surface area contributed by atoms with Crippen molar-refractivity contribution in [2.24, 2.45) is 0 Å². The van der Waals surface area contributed by atoms with Crippen molar-refractivity contribution in [1.29, 1.82) is 5.26 Å². The topological polar surface area (TPSA) is 83.3 Å². The van der Waals surface area contributed by atoms with Gasteiger partial charge in [-0.05, 0) is 43.5 Å². The minimum absolute atomic E-state index is 0.272. The molecule has 0 aliphatic carbocycles. The van der Waals surface area contributed by atoms with Crippen LogP contribution in [0, 0.1) is 18.3 Å². The second-order valence-electron chi connectivity index (χ2n) is 6.26. The van der Waals surface area contributed by atoms with Crippen molar-refractivity contribution >= 4 is 21.6 Å². The van der Waals surface area contributed by atoms with E-state index >= 15 is 0 Å². The summed E-state index contributed by atoms with van der Waals surface area (Å²) in [5.74, 6) is -0.0131. The van der Waals surface area contributed by atoms with E-state index in [1.54, 1.807) is 30.0 Å². The van der Waals surface area contributed by atoms with Gasteiger partial charge in [0.25, 0.3) is 0 Å². The number of benzene rings is 1. The van der Waals surface area contributed by atoms with Gasteiger partial charge in [-0.1, -0.05) is 6.92 Å². The number of aryl methyl sites for hydroxylation is 2. The van der Waals surface area contributed by atoms with Crippen molar-refractivity contribution in [1.82, 2.24) is 4.98 Å². The molecule has 0 N–H and O–H groups in total. The van der Waals surface area contributed by atoms with Gasteiger partial charge in [-0.2, -0.15) is 26.9 Å². The molecule has 0 radical (unpaired) electrons. The van der Waals surface area contributed by atoms with Crippen LogP contribution in [0.2, 0.25) is 0 Å². The quantitative estimate of drug-likeness (QED) is 0.563. The minimum atomic E-state index is -5.78. The van der Waals surface area contributed by atoms with Gasteiger partial charge in [-0.15, -0.1) is 0 Å². The number of hydrogen-bond donors (Lipinski definition) is 0. The molecule has 148 valence electrons. The maximum Gasteiger partial charge on any atom is 0.534 e. The van der Waals surface area contributed by atoms with Crippen molar-refractivity contribution < 1.29 is 25.8 Å². The molecule has 0 atom stereocenters. The molecule has 1 aliphatic rings. The zero-order chi connectivity index (χ0) is 20.7. The standard InChI is InChI=1S/C18H16F3N3O3S/c1-3-13-9-12(10-22)4-5-15(13)24-7-6-14-16(8-11(2)23-17(14)24)27-28(25,26)18(19,20)21/h4-5,8-9H,3,6-7H2,1-2H3. The average molecular weight is 411 g/mol. The molecule has 0 amide bonds. The third-order valence-electron chi connectivity index (χ3n) is 4.39. The van der Waals surface area contributed by atoms with Gasteiger partial charge in [0.2, 0.25) is 0 Å². The van der Waals surface area contributed by atoms with E-state index in [0.717, 1.165) is 11.3 Å². The fraction of sp³-hybridized carbons (Fsp3) is 0.333. The number of aromatic nitrogens is 1. The fourth-order valence-corrected chi connectivity index (χ4v) is 3.60. The Bertz CT molecular complexity index is 1080. The molecule has 6 nitrogen and oxygen atoms in total. The number of alkyl halides is 3. The first-order valence-electron chi connectivity index (χ1n) is 8.39. The van der Waals surface area contributed by atoms with E-state index in [0.29, 0.717) is 35.6 Å². The first-order valence-corrected chi connectivity index (χ1v) is 9.80. The van der Waals surface area contributed by atoms with Gasteiger partial charge in [-0.3, -0.25) is 0 Å². The summed E-state index contributed by atoms with van der Waals surface area (Å²) in [6.45, 7) is 3.86. The fourth-order valence-electron chi connectivity index (χ4n) is 3.12. The highest BCUT2D eigenvalue weighted by molar-refractivity contribution is 7.88. The third kappa shape index (κ3) is 3.49. The molecular weight excluding hydrogens is 395 g/mol. The van der Waals surface area contributed by atoms with E-state index in [1.165, 1.54) is 6.07 Å². The van der Waals surface area contributed by atoms with Crippen LogP contribution < -0.4 is 9.08 Å². The van der Waals surface area contributed by atoms with Crippen LogP contribution in [-0.2, 0) is 23.0 Å². The number of hydrogen-bond acceptors (Lipinski definition) is 6. The second-order valence-corrected chi connectivity index (χ2v) is 7.80. The summed E-state index contributed by atoms with van der Waals surface area (Å²) in [5.41, 5.74) is -2.76. The van der Waals surface area contributed by atoms with E-state index < -0.39 is 15.6 Å². The number of rotatable bonds is 4. The molecule has 0 unspecified atom stereocenters. The minimum Gasteiger partial charge on any atom is -0.376 e. The Morgan fingerprint density at radius 3 is 2.64 bits per heavy atom. The Kier molecular flexibility index (Phi) is 4.97. The molecule has 1 aromatic heterocycles. The monoisotopic (exact) mass is 411 g/mol. The molecule has 0 spiro atoms. The van der Waals surface area contributed by atoms with E-state index in [4.69, 9.17) is 5.26 Å². The average Bonchev–Trinajstić information content (AvgIpc) is 3.03. The zero-order valence-electron chi connectivity index (χ0n) is 15.0. The summed E-state index contributed by atoms with van der Waals surface area (Å²) in [6, 6.07) is 8.40. The molecule has 28 heavy (non-hydrogen) atoms. The van der Waals surface area contributed by atoms with Crippen LogP contribution in [0.25, 0.3) is 0 Å². The Morgan fingerprint density at radius 1 is 1.32 bits per heavy atom. The van der Waals surface area contributed by atoms with Crippen LogP contribution >= 0.6 is 0 Å². The molecule has 0 fully saturated rings. The maximum atomic E-state index is 12.7. The number of anilines is 2. The van der Waals surface area contributed by atoms with Crippen LogP contribution in [0.1, 0.15) is 29.3 Å². The van der Waals surface area contributed by atoms with Gasteiger partial charge in [0, 0.05) is 29.6 Å². The summed E-state index contributed by atoms with van der Waals surface area (Å²) in [4.78, 5) is 6.19. The van der Waals surface area contributed by atoms with Gasteiger partial charge >= 0.3 is 15.6 Å². The highest BCUT2D eigenvalue weighted by atomic mass is 32.2. The highest BCUT2D eigenvalue weighted by Gasteiger charge is 2.49. The van der Waals surface area contributed by atoms with Crippen LogP contribution in [0.4, 0.5) is 24.7 Å². The van der Waals surface area contributed by atoms with Gasteiger partial charge in [0.05, 0.1) is 11.6 Å². The predicted octanol–water partition coefficient (Wildman–Crippen LogP) is 3.75. The summed E-state index contributed by atoms with van der Waals surface area (Å²) >= 11 is 0. The smallest absolute Gasteiger partial charge is 0.376 e.